The average molecular weight is 302 g/mol. The Bertz CT molecular complexity index is 768. The van der Waals surface area contributed by atoms with Crippen molar-refractivity contribution in [2.45, 2.75) is 0 Å². The van der Waals surface area contributed by atoms with Crippen LogP contribution in [-0.2, 0) is 0 Å². The van der Waals surface area contributed by atoms with Crippen LogP contribution in [0.2, 0.25) is 0 Å². The summed E-state index contributed by atoms with van der Waals surface area (Å²) in [7, 11) is 0. The van der Waals surface area contributed by atoms with Crippen LogP contribution in [0.15, 0.2) is 30.5 Å². The van der Waals surface area contributed by atoms with Gasteiger partial charge in [-0.3, -0.25) is 0 Å². The molecule has 8 heteroatoms. The van der Waals surface area contributed by atoms with Crippen molar-refractivity contribution < 1.29 is 29.7 Å². The third-order valence-corrected chi connectivity index (χ3v) is 2.89. The number of nitrogens with two attached hydrogens (primary N) is 1. The lowest BCUT2D eigenvalue weighted by Gasteiger charge is -2.09. The highest BCUT2D eigenvalue weighted by Crippen LogP contribution is 2.27. The lowest BCUT2D eigenvalue weighted by molar-refractivity contribution is 0.0683. The summed E-state index contributed by atoms with van der Waals surface area (Å²) in [6.07, 6.45) is 1.16. The van der Waals surface area contributed by atoms with Crippen molar-refractivity contribution >= 4 is 23.7 Å². The maximum absolute atomic E-state index is 11.3. The number of anilines is 1. The summed E-state index contributed by atoms with van der Waals surface area (Å²) in [5.74, 6) is -3.97. The number of hydrogen-bond donors (Lipinski definition) is 4. The van der Waals surface area contributed by atoms with Crippen LogP contribution >= 0.6 is 0 Å². The summed E-state index contributed by atoms with van der Waals surface area (Å²) in [5.41, 5.74) is 4.87. The van der Waals surface area contributed by atoms with E-state index < -0.39 is 17.9 Å². The van der Waals surface area contributed by atoms with Crippen LogP contribution in [0.1, 0.15) is 31.1 Å². The molecule has 1 aromatic heterocycles. The van der Waals surface area contributed by atoms with E-state index >= 15 is 0 Å². The fourth-order valence-corrected chi connectivity index (χ4v) is 1.91. The molecule has 22 heavy (non-hydrogen) atoms. The van der Waals surface area contributed by atoms with Gasteiger partial charge in [-0.15, -0.1) is 0 Å². The van der Waals surface area contributed by atoms with E-state index in [2.05, 4.69) is 4.98 Å². The van der Waals surface area contributed by atoms with Crippen molar-refractivity contribution in [1.29, 1.82) is 0 Å². The second-order valence-electron chi connectivity index (χ2n) is 4.37. The summed E-state index contributed by atoms with van der Waals surface area (Å²) in [4.78, 5) is 37.2. The van der Waals surface area contributed by atoms with Gasteiger partial charge in [0.2, 0.25) is 0 Å². The first-order chi connectivity index (χ1) is 10.3. The Hall–Kier alpha value is -3.42. The van der Waals surface area contributed by atoms with Gasteiger partial charge in [-0.1, -0.05) is 0 Å². The molecule has 0 aliphatic heterocycles. The topological polar surface area (TPSA) is 151 Å². The quantitative estimate of drug-likeness (QED) is 0.662. The molecule has 112 valence electrons. The van der Waals surface area contributed by atoms with Crippen molar-refractivity contribution in [2.75, 3.05) is 5.73 Å². The zero-order chi connectivity index (χ0) is 16.4. The van der Waals surface area contributed by atoms with Gasteiger partial charge in [0.25, 0.3) is 0 Å². The zero-order valence-electron chi connectivity index (χ0n) is 11.0. The summed E-state index contributed by atoms with van der Waals surface area (Å²) >= 11 is 0. The molecule has 0 fully saturated rings. The summed E-state index contributed by atoms with van der Waals surface area (Å²) in [6.45, 7) is 0. The first kappa shape index (κ1) is 15.0. The van der Waals surface area contributed by atoms with Crippen molar-refractivity contribution in [1.82, 2.24) is 4.98 Å². The Balaban J connectivity index is 2.74. The molecule has 0 radical (unpaired) electrons. The minimum Gasteiger partial charge on any atom is -0.478 e. The molecule has 0 atom stereocenters. The number of nitrogens with zero attached hydrogens (tertiary/aromatic N) is 1. The second kappa shape index (κ2) is 5.52. The van der Waals surface area contributed by atoms with Gasteiger partial charge < -0.3 is 21.1 Å². The van der Waals surface area contributed by atoms with Crippen LogP contribution in [-0.4, -0.2) is 38.2 Å². The van der Waals surface area contributed by atoms with Gasteiger partial charge >= 0.3 is 17.9 Å². The molecule has 0 saturated carbocycles. The smallest absolute Gasteiger partial charge is 0.336 e. The molecule has 8 nitrogen and oxygen atoms in total. The summed E-state index contributed by atoms with van der Waals surface area (Å²) in [5, 5.41) is 27.3. The van der Waals surface area contributed by atoms with Gasteiger partial charge in [-0.25, -0.2) is 19.4 Å². The Labute approximate surface area is 123 Å². The molecular weight excluding hydrogens is 292 g/mol. The molecule has 0 saturated heterocycles. The minimum atomic E-state index is -1.33. The van der Waals surface area contributed by atoms with E-state index in [1.54, 1.807) is 0 Å². The van der Waals surface area contributed by atoms with Gasteiger partial charge in [0, 0.05) is 11.8 Å². The molecule has 0 amide bonds. The van der Waals surface area contributed by atoms with Gasteiger partial charge in [0.15, 0.2) is 0 Å². The summed E-state index contributed by atoms with van der Waals surface area (Å²) in [6, 6.07) is 4.45. The number of rotatable bonds is 4. The molecule has 0 aliphatic rings. The van der Waals surface area contributed by atoms with E-state index in [1.165, 1.54) is 12.1 Å². The van der Waals surface area contributed by atoms with Gasteiger partial charge in [0.1, 0.15) is 5.82 Å². The number of nitrogen functional groups attached to an aromatic ring is 1. The molecular formula is C14H10N2O6. The van der Waals surface area contributed by atoms with Crippen LogP contribution in [0, 0.1) is 0 Å². The van der Waals surface area contributed by atoms with Gasteiger partial charge in [-0.05, 0) is 29.8 Å². The number of aromatic nitrogens is 1. The summed E-state index contributed by atoms with van der Waals surface area (Å²) < 4.78 is 0. The normalized spacial score (nSPS) is 10.2. The highest BCUT2D eigenvalue weighted by Gasteiger charge is 2.17. The SMILES string of the molecule is Nc1cc(C(=O)O)c(-c2cc(C(=O)O)cc(C(=O)O)c2)cn1. The number of benzene rings is 1. The number of aromatic carboxylic acids is 3. The Morgan fingerprint density at radius 3 is 1.86 bits per heavy atom. The lowest BCUT2D eigenvalue weighted by atomic mass is 9.97. The Morgan fingerprint density at radius 1 is 0.864 bits per heavy atom. The Kier molecular flexibility index (Phi) is 3.76. The number of pyridine rings is 1. The van der Waals surface area contributed by atoms with Crippen LogP contribution in [0.5, 0.6) is 0 Å². The molecule has 1 aromatic carbocycles. The maximum atomic E-state index is 11.3. The number of carboxylic acid groups (broad SMARTS) is 3. The van der Waals surface area contributed by atoms with E-state index in [0.29, 0.717) is 0 Å². The molecule has 2 aromatic rings. The van der Waals surface area contributed by atoms with Crippen LogP contribution in [0.4, 0.5) is 5.82 Å². The van der Waals surface area contributed by atoms with E-state index in [9.17, 15) is 19.5 Å². The van der Waals surface area contributed by atoms with E-state index in [0.717, 1.165) is 18.3 Å². The van der Waals surface area contributed by atoms with Crippen molar-refractivity contribution in [3.8, 4) is 11.1 Å². The molecule has 0 bridgehead atoms. The number of hydrogen-bond acceptors (Lipinski definition) is 5. The van der Waals surface area contributed by atoms with Gasteiger partial charge in [0.05, 0.1) is 16.7 Å². The molecule has 1 heterocycles. The highest BCUT2D eigenvalue weighted by molar-refractivity contribution is 6.00. The molecule has 2 rings (SSSR count). The van der Waals surface area contributed by atoms with Crippen LogP contribution < -0.4 is 5.73 Å². The maximum Gasteiger partial charge on any atom is 0.336 e. The fraction of sp³-hybridized carbons (Fsp3) is 0. The van der Waals surface area contributed by atoms with Crippen molar-refractivity contribution in [2.24, 2.45) is 0 Å². The van der Waals surface area contributed by atoms with E-state index in [4.69, 9.17) is 15.9 Å². The van der Waals surface area contributed by atoms with Crippen molar-refractivity contribution in [3.63, 3.8) is 0 Å². The number of carboxylic acids is 3. The average Bonchev–Trinajstić information content (AvgIpc) is 2.46. The predicted molar refractivity (Wildman–Crippen MR) is 75.0 cm³/mol. The zero-order valence-corrected chi connectivity index (χ0v) is 11.0. The van der Waals surface area contributed by atoms with Crippen LogP contribution in [0.25, 0.3) is 11.1 Å². The minimum absolute atomic E-state index is 0.0194. The Morgan fingerprint density at radius 2 is 1.41 bits per heavy atom. The molecule has 0 aliphatic carbocycles. The third-order valence-electron chi connectivity index (χ3n) is 2.89. The molecule has 0 spiro atoms. The van der Waals surface area contributed by atoms with E-state index in [-0.39, 0.29) is 33.6 Å². The highest BCUT2D eigenvalue weighted by atomic mass is 16.4. The number of carbonyl (C=O) groups is 3. The van der Waals surface area contributed by atoms with Crippen LogP contribution in [0.3, 0.4) is 0 Å². The van der Waals surface area contributed by atoms with Gasteiger partial charge in [-0.2, -0.15) is 0 Å². The standard InChI is InChI=1S/C14H10N2O6/c15-11-4-9(14(21)22)10(5-16-11)6-1-7(12(17)18)3-8(2-6)13(19)20/h1-5H,(H2,15,16)(H,17,18)(H,19,20)(H,21,22). The van der Waals surface area contributed by atoms with E-state index in [1.807, 2.05) is 0 Å². The molecule has 0 unspecified atom stereocenters. The van der Waals surface area contributed by atoms with Crippen molar-refractivity contribution in [3.05, 3.63) is 47.2 Å². The first-order valence-electron chi connectivity index (χ1n) is 5.90. The molecule has 5 N–H and O–H groups in total. The monoisotopic (exact) mass is 302 g/mol. The first-order valence-corrected chi connectivity index (χ1v) is 5.90. The lowest BCUT2D eigenvalue weighted by Crippen LogP contribution is -2.06. The predicted octanol–water partition coefficient (Wildman–Crippen LogP) is 1.43. The second-order valence-corrected chi connectivity index (χ2v) is 4.37. The largest absolute Gasteiger partial charge is 0.478 e. The third kappa shape index (κ3) is 2.85. The fourth-order valence-electron chi connectivity index (χ4n) is 1.91.